The molecule has 0 nitrogen and oxygen atoms in total. The normalized spacial score (nSPS) is 33.8. The molecule has 100 valence electrons. The van der Waals surface area contributed by atoms with Crippen molar-refractivity contribution in [2.75, 3.05) is 0 Å². The van der Waals surface area contributed by atoms with Gasteiger partial charge in [-0.05, 0) is 35.5 Å². The summed E-state index contributed by atoms with van der Waals surface area (Å²) in [6.07, 6.45) is 6.48. The molecule has 0 N–H and O–H groups in total. The summed E-state index contributed by atoms with van der Waals surface area (Å²) >= 11 is 2.19. The molecule has 0 aromatic heterocycles. The number of allylic oxidation sites excluding steroid dienone is 2. The first-order valence-corrected chi connectivity index (χ1v) is 8.54. The van der Waals surface area contributed by atoms with Crippen LogP contribution in [0.4, 0.5) is 0 Å². The van der Waals surface area contributed by atoms with Gasteiger partial charge in [0.1, 0.15) is 0 Å². The molecule has 3 atom stereocenters. The number of hydrogen-bond donors (Lipinski definition) is 0. The molecular formula is C16H27BS. The first-order valence-electron chi connectivity index (χ1n) is 7.66. The zero-order valence-electron chi connectivity index (χ0n) is 12.4. The smallest absolute Gasteiger partial charge is 0.0699 e. The summed E-state index contributed by atoms with van der Waals surface area (Å²) in [5.74, 6) is 2.73. The minimum atomic E-state index is 0.456. The molecule has 0 amide bonds. The fourth-order valence-corrected chi connectivity index (χ4v) is 5.42. The van der Waals surface area contributed by atoms with Crippen LogP contribution in [-0.2, 0) is 0 Å². The predicted molar refractivity (Wildman–Crippen MR) is 84.2 cm³/mol. The van der Waals surface area contributed by atoms with Gasteiger partial charge in [0, 0.05) is 5.25 Å². The van der Waals surface area contributed by atoms with Gasteiger partial charge in [-0.1, -0.05) is 58.3 Å². The molecular weight excluding hydrogens is 235 g/mol. The van der Waals surface area contributed by atoms with E-state index in [-0.39, 0.29) is 0 Å². The average molecular weight is 262 g/mol. The molecule has 0 spiro atoms. The van der Waals surface area contributed by atoms with Crippen LogP contribution in [0.15, 0.2) is 10.5 Å². The first kappa shape index (κ1) is 14.6. The lowest BCUT2D eigenvalue weighted by molar-refractivity contribution is 0.413. The van der Waals surface area contributed by atoms with E-state index in [1.165, 1.54) is 32.1 Å². The second-order valence-electron chi connectivity index (χ2n) is 6.66. The minimum Gasteiger partial charge on any atom is -0.126 e. The summed E-state index contributed by atoms with van der Waals surface area (Å²) < 4.78 is 0. The maximum atomic E-state index is 6.15. The Labute approximate surface area is 119 Å². The van der Waals surface area contributed by atoms with Gasteiger partial charge in [0.05, 0.1) is 7.85 Å². The van der Waals surface area contributed by atoms with Crippen LogP contribution in [-0.4, -0.2) is 13.1 Å². The van der Waals surface area contributed by atoms with E-state index in [1.54, 1.807) is 10.5 Å². The van der Waals surface area contributed by atoms with E-state index in [1.807, 2.05) is 0 Å². The molecule has 0 aromatic rings. The molecule has 3 unspecified atom stereocenters. The van der Waals surface area contributed by atoms with Gasteiger partial charge < -0.3 is 0 Å². The Bertz CT molecular complexity index is 319. The topological polar surface area (TPSA) is 0 Å². The zero-order valence-corrected chi connectivity index (χ0v) is 13.2. The molecule has 2 aliphatic rings. The highest BCUT2D eigenvalue weighted by Crippen LogP contribution is 2.52. The second-order valence-corrected chi connectivity index (χ2v) is 7.94. The Kier molecular flexibility index (Phi) is 4.91. The highest BCUT2D eigenvalue weighted by Gasteiger charge is 2.37. The quantitative estimate of drug-likeness (QED) is 0.616. The second kappa shape index (κ2) is 6.07. The minimum absolute atomic E-state index is 0.456. The van der Waals surface area contributed by atoms with Crippen molar-refractivity contribution in [2.24, 2.45) is 17.8 Å². The molecule has 1 aliphatic heterocycles. The lowest BCUT2D eigenvalue weighted by Crippen LogP contribution is -2.20. The van der Waals surface area contributed by atoms with Crippen molar-refractivity contribution in [3.63, 3.8) is 0 Å². The monoisotopic (exact) mass is 262 g/mol. The SMILES string of the molecule is [B]C1CCCC2C(C(C)C)=C(C(C)C)SC2CC1. The summed E-state index contributed by atoms with van der Waals surface area (Å²) in [5, 5.41) is 0.825. The van der Waals surface area contributed by atoms with Crippen molar-refractivity contribution in [2.45, 2.75) is 70.9 Å². The van der Waals surface area contributed by atoms with Crippen molar-refractivity contribution in [1.82, 2.24) is 0 Å². The van der Waals surface area contributed by atoms with E-state index in [0.29, 0.717) is 11.7 Å². The van der Waals surface area contributed by atoms with Crippen LogP contribution in [0.25, 0.3) is 0 Å². The van der Waals surface area contributed by atoms with Gasteiger partial charge in [0.15, 0.2) is 0 Å². The molecule has 2 radical (unpaired) electrons. The average Bonchev–Trinajstić information content (AvgIpc) is 2.62. The predicted octanol–water partition coefficient (Wildman–Crippen LogP) is 5.21. The number of rotatable bonds is 2. The molecule has 0 bridgehead atoms. The summed E-state index contributed by atoms with van der Waals surface area (Å²) in [7, 11) is 6.15. The number of fused-ring (bicyclic) bond motifs is 1. The molecule has 1 saturated carbocycles. The summed E-state index contributed by atoms with van der Waals surface area (Å²) in [5.41, 5.74) is 1.79. The van der Waals surface area contributed by atoms with Crippen LogP contribution in [0, 0.1) is 17.8 Å². The van der Waals surface area contributed by atoms with Crippen LogP contribution >= 0.6 is 11.8 Å². The fourth-order valence-electron chi connectivity index (χ4n) is 3.60. The van der Waals surface area contributed by atoms with Crippen molar-refractivity contribution in [3.8, 4) is 0 Å². The highest BCUT2D eigenvalue weighted by atomic mass is 32.2. The largest absolute Gasteiger partial charge is 0.126 e. The molecule has 1 aliphatic carbocycles. The number of hydrogen-bond acceptors (Lipinski definition) is 1. The van der Waals surface area contributed by atoms with Gasteiger partial charge in [0.25, 0.3) is 0 Å². The van der Waals surface area contributed by atoms with E-state index in [9.17, 15) is 0 Å². The van der Waals surface area contributed by atoms with Crippen molar-refractivity contribution in [3.05, 3.63) is 10.5 Å². The van der Waals surface area contributed by atoms with E-state index < -0.39 is 0 Å². The van der Waals surface area contributed by atoms with Gasteiger partial charge in [0.2, 0.25) is 0 Å². The van der Waals surface area contributed by atoms with Crippen LogP contribution in [0.5, 0.6) is 0 Å². The third kappa shape index (κ3) is 3.00. The van der Waals surface area contributed by atoms with Gasteiger partial charge in [-0.15, -0.1) is 11.8 Å². The van der Waals surface area contributed by atoms with E-state index in [4.69, 9.17) is 7.85 Å². The van der Waals surface area contributed by atoms with Crippen LogP contribution in [0.3, 0.4) is 0 Å². The van der Waals surface area contributed by atoms with Crippen LogP contribution < -0.4 is 0 Å². The maximum absolute atomic E-state index is 6.15. The van der Waals surface area contributed by atoms with Gasteiger partial charge in [-0.2, -0.15) is 0 Å². The Balaban J connectivity index is 2.20. The maximum Gasteiger partial charge on any atom is 0.0699 e. The highest BCUT2D eigenvalue weighted by molar-refractivity contribution is 8.04. The van der Waals surface area contributed by atoms with Crippen molar-refractivity contribution in [1.29, 1.82) is 0 Å². The lowest BCUT2D eigenvalue weighted by atomic mass is 9.73. The molecule has 1 fully saturated rings. The summed E-state index contributed by atoms with van der Waals surface area (Å²) in [4.78, 5) is 1.70. The molecule has 0 aromatic carbocycles. The zero-order chi connectivity index (χ0) is 13.3. The van der Waals surface area contributed by atoms with E-state index >= 15 is 0 Å². The Morgan fingerprint density at radius 1 is 1.00 bits per heavy atom. The molecule has 1 heterocycles. The van der Waals surface area contributed by atoms with Crippen molar-refractivity contribution < 1.29 is 0 Å². The molecule has 2 rings (SSSR count). The van der Waals surface area contributed by atoms with Crippen LogP contribution in [0.2, 0.25) is 5.82 Å². The van der Waals surface area contributed by atoms with E-state index in [2.05, 4.69) is 39.5 Å². The summed E-state index contributed by atoms with van der Waals surface area (Å²) in [6.45, 7) is 9.47. The Morgan fingerprint density at radius 2 is 1.72 bits per heavy atom. The first-order chi connectivity index (χ1) is 8.50. The lowest BCUT2D eigenvalue weighted by Gasteiger charge is -2.28. The van der Waals surface area contributed by atoms with Gasteiger partial charge in [-0.25, -0.2) is 0 Å². The number of thioether (sulfide) groups is 1. The third-order valence-corrected chi connectivity index (χ3v) is 6.30. The Morgan fingerprint density at radius 3 is 2.33 bits per heavy atom. The standard InChI is InChI=1S/C16H27BS/c1-10(2)15-13-7-5-6-12(17)8-9-14(13)18-16(15)11(3)4/h10-14H,5-9H2,1-4H3. The third-order valence-electron chi connectivity index (χ3n) is 4.47. The van der Waals surface area contributed by atoms with Crippen molar-refractivity contribution >= 4 is 19.6 Å². The van der Waals surface area contributed by atoms with Gasteiger partial charge >= 0.3 is 0 Å². The van der Waals surface area contributed by atoms with Crippen LogP contribution in [0.1, 0.15) is 59.8 Å². The van der Waals surface area contributed by atoms with Gasteiger partial charge in [-0.3, -0.25) is 0 Å². The van der Waals surface area contributed by atoms with E-state index in [0.717, 1.165) is 17.1 Å². The summed E-state index contributed by atoms with van der Waals surface area (Å²) in [6, 6.07) is 0. The molecule has 0 saturated heterocycles. The molecule has 18 heavy (non-hydrogen) atoms. The fraction of sp³-hybridized carbons (Fsp3) is 0.875. The Hall–Kier alpha value is 0.155. The molecule has 2 heteroatoms.